The second kappa shape index (κ2) is 4.46. The Morgan fingerprint density at radius 2 is 2.31 bits per heavy atom. The molecule has 2 atom stereocenters. The topological polar surface area (TPSA) is 12.0 Å². The monoisotopic (exact) mass is 285 g/mol. The maximum atomic E-state index is 13.1. The molecule has 1 aromatic carbocycles. The first-order valence-electron chi connectivity index (χ1n) is 5.74. The second-order valence-electron chi connectivity index (χ2n) is 4.76. The minimum atomic E-state index is -0.184. The van der Waals surface area contributed by atoms with Gasteiger partial charge in [-0.15, -0.1) is 0 Å². The SMILES string of the molecule is CCNCC1CC1(C)c1ccc(F)c(Br)c1. The van der Waals surface area contributed by atoms with E-state index in [9.17, 15) is 4.39 Å². The molecule has 1 aliphatic rings. The molecule has 0 aliphatic heterocycles. The Labute approximate surface area is 105 Å². The van der Waals surface area contributed by atoms with E-state index in [0.717, 1.165) is 13.1 Å². The van der Waals surface area contributed by atoms with Gasteiger partial charge in [-0.2, -0.15) is 0 Å². The molecule has 1 aliphatic carbocycles. The van der Waals surface area contributed by atoms with Crippen molar-refractivity contribution >= 4 is 15.9 Å². The third-order valence-corrected chi connectivity index (χ3v) is 4.24. The molecule has 1 N–H and O–H groups in total. The van der Waals surface area contributed by atoms with Crippen LogP contribution in [0.5, 0.6) is 0 Å². The summed E-state index contributed by atoms with van der Waals surface area (Å²) in [7, 11) is 0. The Bertz CT molecular complexity index is 394. The van der Waals surface area contributed by atoms with Gasteiger partial charge in [0.25, 0.3) is 0 Å². The average Bonchev–Trinajstić information content (AvgIpc) is 2.92. The van der Waals surface area contributed by atoms with Gasteiger partial charge in [0.05, 0.1) is 4.47 Å². The van der Waals surface area contributed by atoms with Crippen LogP contribution in [0.3, 0.4) is 0 Å². The van der Waals surface area contributed by atoms with E-state index < -0.39 is 0 Å². The number of hydrogen-bond donors (Lipinski definition) is 1. The number of hydrogen-bond acceptors (Lipinski definition) is 1. The smallest absolute Gasteiger partial charge is 0.137 e. The molecule has 2 unspecified atom stereocenters. The highest BCUT2D eigenvalue weighted by Crippen LogP contribution is 2.53. The molecule has 1 nitrogen and oxygen atoms in total. The Kier molecular flexibility index (Phi) is 3.36. The molecule has 0 bridgehead atoms. The van der Waals surface area contributed by atoms with Crippen LogP contribution in [0.4, 0.5) is 4.39 Å². The van der Waals surface area contributed by atoms with Crippen molar-refractivity contribution in [1.82, 2.24) is 5.32 Å². The fraction of sp³-hybridized carbons (Fsp3) is 0.538. The van der Waals surface area contributed by atoms with Crippen LogP contribution >= 0.6 is 15.9 Å². The predicted molar refractivity (Wildman–Crippen MR) is 68.1 cm³/mol. The first-order valence-corrected chi connectivity index (χ1v) is 6.53. The molecule has 0 heterocycles. The van der Waals surface area contributed by atoms with Crippen molar-refractivity contribution < 1.29 is 4.39 Å². The van der Waals surface area contributed by atoms with Crippen molar-refractivity contribution in [3.63, 3.8) is 0 Å². The summed E-state index contributed by atoms with van der Waals surface area (Å²) in [6.07, 6.45) is 1.19. The van der Waals surface area contributed by atoms with Crippen molar-refractivity contribution in [1.29, 1.82) is 0 Å². The predicted octanol–water partition coefficient (Wildman–Crippen LogP) is 3.48. The van der Waals surface area contributed by atoms with E-state index in [1.54, 1.807) is 6.07 Å². The van der Waals surface area contributed by atoms with E-state index in [1.165, 1.54) is 12.0 Å². The number of halogens is 2. The quantitative estimate of drug-likeness (QED) is 0.893. The maximum absolute atomic E-state index is 13.1. The number of nitrogens with one attached hydrogen (secondary N) is 1. The van der Waals surface area contributed by atoms with Crippen LogP contribution in [0, 0.1) is 11.7 Å². The molecular weight excluding hydrogens is 269 g/mol. The standard InChI is InChI=1S/C13H17BrFN/c1-3-16-8-10-7-13(10,2)9-4-5-12(15)11(14)6-9/h4-6,10,16H,3,7-8H2,1-2H3. The van der Waals surface area contributed by atoms with Gasteiger partial charge >= 0.3 is 0 Å². The molecule has 0 aromatic heterocycles. The molecule has 0 saturated heterocycles. The van der Waals surface area contributed by atoms with E-state index in [0.29, 0.717) is 10.4 Å². The fourth-order valence-corrected chi connectivity index (χ4v) is 2.65. The van der Waals surface area contributed by atoms with Crippen LogP contribution in [0.1, 0.15) is 25.8 Å². The average molecular weight is 286 g/mol. The van der Waals surface area contributed by atoms with Crippen LogP contribution in [-0.2, 0) is 5.41 Å². The number of benzene rings is 1. The highest BCUT2D eigenvalue weighted by Gasteiger charge is 2.50. The molecule has 0 amide bonds. The third-order valence-electron chi connectivity index (χ3n) is 3.63. The number of rotatable bonds is 4. The zero-order valence-corrected chi connectivity index (χ0v) is 11.3. The van der Waals surface area contributed by atoms with E-state index >= 15 is 0 Å². The highest BCUT2D eigenvalue weighted by molar-refractivity contribution is 9.10. The van der Waals surface area contributed by atoms with Crippen LogP contribution in [0.25, 0.3) is 0 Å². The molecule has 88 valence electrons. The molecule has 16 heavy (non-hydrogen) atoms. The minimum Gasteiger partial charge on any atom is -0.317 e. The molecule has 0 spiro atoms. The fourth-order valence-electron chi connectivity index (χ4n) is 2.27. The Morgan fingerprint density at radius 1 is 1.56 bits per heavy atom. The maximum Gasteiger partial charge on any atom is 0.137 e. The zero-order chi connectivity index (χ0) is 11.8. The highest BCUT2D eigenvalue weighted by atomic mass is 79.9. The summed E-state index contributed by atoms with van der Waals surface area (Å²) in [5.41, 5.74) is 1.47. The second-order valence-corrected chi connectivity index (χ2v) is 5.61. The normalized spacial score (nSPS) is 28.1. The van der Waals surface area contributed by atoms with Crippen LogP contribution < -0.4 is 5.32 Å². The van der Waals surface area contributed by atoms with Crippen LogP contribution in [0.15, 0.2) is 22.7 Å². The third kappa shape index (κ3) is 2.16. The van der Waals surface area contributed by atoms with Crippen molar-refractivity contribution in [2.75, 3.05) is 13.1 Å². The van der Waals surface area contributed by atoms with E-state index in [-0.39, 0.29) is 11.2 Å². The minimum absolute atomic E-state index is 0.184. The first kappa shape index (κ1) is 12.1. The van der Waals surface area contributed by atoms with E-state index in [1.807, 2.05) is 12.1 Å². The molecule has 0 radical (unpaired) electrons. The van der Waals surface area contributed by atoms with Gasteiger partial charge < -0.3 is 5.32 Å². The summed E-state index contributed by atoms with van der Waals surface area (Å²) in [5, 5.41) is 3.38. The first-order chi connectivity index (χ1) is 7.58. The lowest BCUT2D eigenvalue weighted by Crippen LogP contribution is -2.19. The summed E-state index contributed by atoms with van der Waals surface area (Å²) in [6, 6.07) is 5.38. The van der Waals surface area contributed by atoms with E-state index in [2.05, 4.69) is 35.1 Å². The largest absolute Gasteiger partial charge is 0.317 e. The van der Waals surface area contributed by atoms with Gasteiger partial charge in [0.2, 0.25) is 0 Å². The molecular formula is C13H17BrFN. The van der Waals surface area contributed by atoms with Gasteiger partial charge in [0, 0.05) is 0 Å². The summed E-state index contributed by atoms with van der Waals surface area (Å²) in [6.45, 7) is 6.45. The lowest BCUT2D eigenvalue weighted by atomic mass is 9.95. The van der Waals surface area contributed by atoms with Crippen LogP contribution in [0.2, 0.25) is 0 Å². The van der Waals surface area contributed by atoms with Gasteiger partial charge in [-0.1, -0.05) is 19.9 Å². The van der Waals surface area contributed by atoms with Crippen LogP contribution in [-0.4, -0.2) is 13.1 Å². The van der Waals surface area contributed by atoms with Gasteiger partial charge in [0.15, 0.2) is 0 Å². The summed E-state index contributed by atoms with van der Waals surface area (Å²) in [5.74, 6) is 0.501. The zero-order valence-electron chi connectivity index (χ0n) is 9.69. The molecule has 1 aromatic rings. The molecule has 1 fully saturated rings. The van der Waals surface area contributed by atoms with Gasteiger partial charge in [0.1, 0.15) is 5.82 Å². The van der Waals surface area contributed by atoms with Crippen molar-refractivity contribution in [3.05, 3.63) is 34.1 Å². The van der Waals surface area contributed by atoms with Crippen molar-refractivity contribution in [3.8, 4) is 0 Å². The van der Waals surface area contributed by atoms with Crippen molar-refractivity contribution in [2.24, 2.45) is 5.92 Å². The van der Waals surface area contributed by atoms with Crippen molar-refractivity contribution in [2.45, 2.75) is 25.7 Å². The Balaban J connectivity index is 2.10. The summed E-state index contributed by atoms with van der Waals surface area (Å²) >= 11 is 3.25. The Hall–Kier alpha value is -0.410. The summed E-state index contributed by atoms with van der Waals surface area (Å²) in [4.78, 5) is 0. The molecule has 2 rings (SSSR count). The lowest BCUT2D eigenvalue weighted by molar-refractivity contribution is 0.586. The molecule has 3 heteroatoms. The van der Waals surface area contributed by atoms with Gasteiger partial charge in [-0.3, -0.25) is 0 Å². The Morgan fingerprint density at radius 3 is 2.94 bits per heavy atom. The van der Waals surface area contributed by atoms with Gasteiger partial charge in [-0.05, 0) is 64.5 Å². The molecule has 1 saturated carbocycles. The van der Waals surface area contributed by atoms with Gasteiger partial charge in [-0.25, -0.2) is 4.39 Å². The van der Waals surface area contributed by atoms with E-state index in [4.69, 9.17) is 0 Å². The lowest BCUT2D eigenvalue weighted by Gasteiger charge is -2.13. The summed E-state index contributed by atoms with van der Waals surface area (Å²) < 4.78 is 13.7.